The van der Waals surface area contributed by atoms with E-state index in [2.05, 4.69) is 10.6 Å². The van der Waals surface area contributed by atoms with E-state index in [-0.39, 0.29) is 10.8 Å². The number of amides is 1. The van der Waals surface area contributed by atoms with Crippen LogP contribution in [0.25, 0.3) is 0 Å². The van der Waals surface area contributed by atoms with Crippen molar-refractivity contribution in [2.75, 3.05) is 31.8 Å². The summed E-state index contributed by atoms with van der Waals surface area (Å²) in [4.78, 5) is 12.6. The molecule has 2 aromatic carbocycles. The molecule has 0 fully saturated rings. The molecule has 2 rings (SSSR count). The van der Waals surface area contributed by atoms with Gasteiger partial charge in [0.05, 0.1) is 17.7 Å². The summed E-state index contributed by atoms with van der Waals surface area (Å²) in [6, 6.07) is 11.3. The average Bonchev–Trinajstić information content (AvgIpc) is 2.62. The van der Waals surface area contributed by atoms with E-state index in [1.54, 1.807) is 26.2 Å². The molecule has 1 atom stereocenters. The molecule has 2 aromatic rings. The minimum absolute atomic E-state index is 0.117. The van der Waals surface area contributed by atoms with E-state index in [0.29, 0.717) is 17.1 Å². The largest absolute Gasteiger partial charge is 0.495 e. The highest BCUT2D eigenvalue weighted by Gasteiger charge is 2.19. The summed E-state index contributed by atoms with van der Waals surface area (Å²) in [6.45, 7) is 3.67. The maximum absolute atomic E-state index is 12.5. The first-order valence-corrected chi connectivity index (χ1v) is 9.84. The molecule has 7 nitrogen and oxygen atoms in total. The second kappa shape index (κ2) is 8.41. The monoisotopic (exact) mass is 391 g/mol. The predicted molar refractivity (Wildman–Crippen MR) is 107 cm³/mol. The highest BCUT2D eigenvalue weighted by atomic mass is 32.2. The summed E-state index contributed by atoms with van der Waals surface area (Å²) in [6.07, 6.45) is 0. The molecular formula is C19H25N3O4S. The standard InChI is InChI=1S/C19H25N3O4S/c1-13-9-10-18(26-5)17(11-13)20-14(2)19(23)21-15-7-6-8-16(12-15)27(24,25)22(3)4/h6-12,14,20H,1-5H3,(H,21,23)/t14-/m0/s1. The lowest BCUT2D eigenvalue weighted by atomic mass is 10.2. The zero-order chi connectivity index (χ0) is 20.2. The lowest BCUT2D eigenvalue weighted by Gasteiger charge is -2.18. The SMILES string of the molecule is COc1ccc(C)cc1N[C@@H](C)C(=O)Nc1cccc(S(=O)(=O)N(C)C)c1. The number of carbonyl (C=O) groups is 1. The smallest absolute Gasteiger partial charge is 0.246 e. The average molecular weight is 391 g/mol. The van der Waals surface area contributed by atoms with Crippen LogP contribution in [-0.4, -0.2) is 45.9 Å². The number of nitrogens with one attached hydrogen (secondary N) is 2. The van der Waals surface area contributed by atoms with Crippen molar-refractivity contribution in [3.05, 3.63) is 48.0 Å². The fraction of sp³-hybridized carbons (Fsp3) is 0.316. The number of benzene rings is 2. The number of rotatable bonds is 7. The molecule has 0 saturated heterocycles. The topological polar surface area (TPSA) is 87.7 Å². The molecule has 2 N–H and O–H groups in total. The molecule has 0 aromatic heterocycles. The molecule has 0 heterocycles. The summed E-state index contributed by atoms with van der Waals surface area (Å²) in [5.41, 5.74) is 2.16. The molecule has 0 aliphatic carbocycles. The van der Waals surface area contributed by atoms with Crippen molar-refractivity contribution in [2.45, 2.75) is 24.8 Å². The lowest BCUT2D eigenvalue weighted by molar-refractivity contribution is -0.116. The molecule has 1 amide bonds. The van der Waals surface area contributed by atoms with Crippen molar-refractivity contribution in [3.63, 3.8) is 0 Å². The van der Waals surface area contributed by atoms with Crippen LogP contribution in [0.4, 0.5) is 11.4 Å². The molecule has 8 heteroatoms. The van der Waals surface area contributed by atoms with Crippen molar-refractivity contribution < 1.29 is 17.9 Å². The third-order valence-electron chi connectivity index (χ3n) is 4.00. The Hall–Kier alpha value is -2.58. The number of carbonyl (C=O) groups excluding carboxylic acids is 1. The third-order valence-corrected chi connectivity index (χ3v) is 5.81. The molecule has 0 saturated carbocycles. The number of sulfonamides is 1. The number of ether oxygens (including phenoxy) is 1. The van der Waals surface area contributed by atoms with Crippen molar-refractivity contribution in [2.24, 2.45) is 0 Å². The maximum atomic E-state index is 12.5. The molecule has 0 bridgehead atoms. The van der Waals surface area contributed by atoms with Gasteiger partial charge in [-0.3, -0.25) is 4.79 Å². The van der Waals surface area contributed by atoms with E-state index in [1.807, 2.05) is 25.1 Å². The van der Waals surface area contributed by atoms with E-state index >= 15 is 0 Å². The number of hydrogen-bond donors (Lipinski definition) is 2. The van der Waals surface area contributed by atoms with Crippen LogP contribution in [0.5, 0.6) is 5.75 Å². The van der Waals surface area contributed by atoms with Crippen LogP contribution in [0, 0.1) is 6.92 Å². The minimum Gasteiger partial charge on any atom is -0.495 e. The first-order valence-electron chi connectivity index (χ1n) is 8.40. The Labute approximate surface area is 160 Å². The summed E-state index contributed by atoms with van der Waals surface area (Å²) >= 11 is 0. The first-order chi connectivity index (χ1) is 12.6. The van der Waals surface area contributed by atoms with E-state index < -0.39 is 16.1 Å². The molecule has 27 heavy (non-hydrogen) atoms. The van der Waals surface area contributed by atoms with Gasteiger partial charge in [0.1, 0.15) is 11.8 Å². The molecule has 0 aliphatic rings. The highest BCUT2D eigenvalue weighted by molar-refractivity contribution is 7.89. The first kappa shape index (κ1) is 20.7. The molecule has 146 valence electrons. The van der Waals surface area contributed by atoms with Crippen LogP contribution in [0.2, 0.25) is 0 Å². The number of anilines is 2. The summed E-state index contributed by atoms with van der Waals surface area (Å²) in [5, 5.41) is 5.86. The van der Waals surface area contributed by atoms with Gasteiger partial charge in [0.15, 0.2) is 0 Å². The Morgan fingerprint density at radius 2 is 1.85 bits per heavy atom. The number of aryl methyl sites for hydroxylation is 1. The van der Waals surface area contributed by atoms with Crippen LogP contribution in [0.15, 0.2) is 47.4 Å². The second-order valence-corrected chi connectivity index (χ2v) is 8.53. The third kappa shape index (κ3) is 4.99. The van der Waals surface area contributed by atoms with Crippen molar-refractivity contribution >= 4 is 27.3 Å². The minimum atomic E-state index is -3.57. The van der Waals surface area contributed by atoms with Gasteiger partial charge in [0.2, 0.25) is 15.9 Å². The van der Waals surface area contributed by atoms with Gasteiger partial charge in [0, 0.05) is 19.8 Å². The summed E-state index contributed by atoms with van der Waals surface area (Å²) < 4.78 is 30.9. The Morgan fingerprint density at radius 3 is 2.48 bits per heavy atom. The summed E-state index contributed by atoms with van der Waals surface area (Å²) in [7, 11) is 0.919. The van der Waals surface area contributed by atoms with Gasteiger partial charge in [-0.05, 0) is 49.7 Å². The number of hydrogen-bond acceptors (Lipinski definition) is 5. The summed E-state index contributed by atoms with van der Waals surface area (Å²) in [5.74, 6) is 0.345. The zero-order valence-electron chi connectivity index (χ0n) is 16.1. The van der Waals surface area contributed by atoms with E-state index in [1.165, 1.54) is 26.2 Å². The normalized spacial score (nSPS) is 12.5. The molecule has 0 unspecified atom stereocenters. The molecule has 0 spiro atoms. The van der Waals surface area contributed by atoms with Crippen LogP contribution in [0.3, 0.4) is 0 Å². The number of nitrogens with zero attached hydrogens (tertiary/aromatic N) is 1. The number of methoxy groups -OCH3 is 1. The van der Waals surface area contributed by atoms with Gasteiger partial charge >= 0.3 is 0 Å². The van der Waals surface area contributed by atoms with E-state index in [9.17, 15) is 13.2 Å². The molecule has 0 radical (unpaired) electrons. The fourth-order valence-electron chi connectivity index (χ4n) is 2.43. The quantitative estimate of drug-likeness (QED) is 0.758. The fourth-order valence-corrected chi connectivity index (χ4v) is 3.38. The molecular weight excluding hydrogens is 366 g/mol. The van der Waals surface area contributed by atoms with E-state index in [0.717, 1.165) is 9.87 Å². The van der Waals surface area contributed by atoms with Crippen LogP contribution in [0.1, 0.15) is 12.5 Å². The van der Waals surface area contributed by atoms with Crippen molar-refractivity contribution in [3.8, 4) is 5.75 Å². The van der Waals surface area contributed by atoms with Crippen molar-refractivity contribution in [1.82, 2.24) is 4.31 Å². The Balaban J connectivity index is 2.15. The Kier molecular flexibility index (Phi) is 6.45. The predicted octanol–water partition coefficient (Wildman–Crippen LogP) is 2.69. The Bertz CT molecular complexity index is 926. The molecule has 0 aliphatic heterocycles. The van der Waals surface area contributed by atoms with Gasteiger partial charge in [-0.25, -0.2) is 12.7 Å². The van der Waals surface area contributed by atoms with Gasteiger partial charge in [0.25, 0.3) is 0 Å². The Morgan fingerprint density at radius 1 is 1.15 bits per heavy atom. The lowest BCUT2D eigenvalue weighted by Crippen LogP contribution is -2.32. The van der Waals surface area contributed by atoms with Crippen LogP contribution < -0.4 is 15.4 Å². The maximum Gasteiger partial charge on any atom is 0.246 e. The van der Waals surface area contributed by atoms with Gasteiger partial charge in [-0.1, -0.05) is 12.1 Å². The van der Waals surface area contributed by atoms with Gasteiger partial charge < -0.3 is 15.4 Å². The zero-order valence-corrected chi connectivity index (χ0v) is 16.9. The van der Waals surface area contributed by atoms with Gasteiger partial charge in [-0.2, -0.15) is 0 Å². The highest BCUT2D eigenvalue weighted by Crippen LogP contribution is 2.26. The second-order valence-electron chi connectivity index (χ2n) is 6.37. The van der Waals surface area contributed by atoms with Crippen LogP contribution >= 0.6 is 0 Å². The van der Waals surface area contributed by atoms with Gasteiger partial charge in [-0.15, -0.1) is 0 Å². The van der Waals surface area contributed by atoms with Crippen molar-refractivity contribution in [1.29, 1.82) is 0 Å². The van der Waals surface area contributed by atoms with Crippen LogP contribution in [-0.2, 0) is 14.8 Å². The van der Waals surface area contributed by atoms with E-state index in [4.69, 9.17) is 4.74 Å².